The molecule has 1 heterocycles. The lowest BCUT2D eigenvalue weighted by atomic mass is 10.2. The second-order valence-corrected chi connectivity index (χ2v) is 4.79. The summed E-state index contributed by atoms with van der Waals surface area (Å²) in [6, 6.07) is 2.31. The lowest BCUT2D eigenvalue weighted by Gasteiger charge is -2.26. The van der Waals surface area contributed by atoms with Crippen LogP contribution in [0.5, 0.6) is 0 Å². The van der Waals surface area contributed by atoms with Crippen molar-refractivity contribution in [1.29, 1.82) is 0 Å². The number of nitrogens with zero attached hydrogens (tertiary/aromatic N) is 2. The van der Waals surface area contributed by atoms with Crippen molar-refractivity contribution >= 4 is 5.69 Å². The molecule has 3 nitrogen and oxygen atoms in total. The molecular weight excluding hydrogens is 255 g/mol. The molecule has 0 aliphatic heterocycles. The molecule has 0 saturated heterocycles. The number of pyridine rings is 1. The highest BCUT2D eigenvalue weighted by atomic mass is 19.4. The molecule has 1 aliphatic rings. The average Bonchev–Trinajstić information content (AvgIpc) is 3.17. The second kappa shape index (κ2) is 5.77. The normalized spacial score (nSPS) is 15.6. The minimum atomic E-state index is -4.20. The highest BCUT2D eigenvalue weighted by molar-refractivity contribution is 5.51. The van der Waals surface area contributed by atoms with Crippen molar-refractivity contribution in [2.24, 2.45) is 0 Å². The van der Waals surface area contributed by atoms with Crippen LogP contribution >= 0.6 is 0 Å². The van der Waals surface area contributed by atoms with Crippen molar-refractivity contribution in [3.8, 4) is 0 Å². The Hall–Kier alpha value is -1.30. The van der Waals surface area contributed by atoms with Gasteiger partial charge in [-0.15, -0.1) is 0 Å². The fourth-order valence-electron chi connectivity index (χ4n) is 1.97. The van der Waals surface area contributed by atoms with Crippen molar-refractivity contribution in [2.45, 2.75) is 38.5 Å². The summed E-state index contributed by atoms with van der Waals surface area (Å²) in [6.07, 6.45) is 1.24. The van der Waals surface area contributed by atoms with Gasteiger partial charge in [-0.25, -0.2) is 0 Å². The first-order valence-electron chi connectivity index (χ1n) is 6.47. The number of aromatic nitrogens is 1. The Kier molecular flexibility index (Phi) is 4.29. The van der Waals surface area contributed by atoms with Crippen LogP contribution in [-0.2, 0) is 6.54 Å². The molecule has 1 N–H and O–H groups in total. The number of halogens is 3. The van der Waals surface area contributed by atoms with Crippen molar-refractivity contribution in [1.82, 2.24) is 10.3 Å². The van der Waals surface area contributed by atoms with Crippen LogP contribution in [0.3, 0.4) is 0 Å². The predicted molar refractivity (Wildman–Crippen MR) is 68.0 cm³/mol. The van der Waals surface area contributed by atoms with E-state index >= 15 is 0 Å². The number of hydrogen-bond acceptors (Lipinski definition) is 3. The summed E-state index contributed by atoms with van der Waals surface area (Å²) in [7, 11) is 0. The second-order valence-electron chi connectivity index (χ2n) is 4.79. The van der Waals surface area contributed by atoms with E-state index in [0.29, 0.717) is 24.8 Å². The van der Waals surface area contributed by atoms with Crippen molar-refractivity contribution in [3.05, 3.63) is 24.0 Å². The van der Waals surface area contributed by atoms with Crippen LogP contribution in [0.25, 0.3) is 0 Å². The van der Waals surface area contributed by atoms with E-state index in [0.717, 1.165) is 18.4 Å². The lowest BCUT2D eigenvalue weighted by molar-refractivity contribution is -0.119. The van der Waals surface area contributed by atoms with E-state index in [4.69, 9.17) is 0 Å². The van der Waals surface area contributed by atoms with Crippen LogP contribution in [-0.4, -0.2) is 30.3 Å². The van der Waals surface area contributed by atoms with Gasteiger partial charge in [0, 0.05) is 25.3 Å². The van der Waals surface area contributed by atoms with Crippen LogP contribution in [0.4, 0.5) is 18.9 Å². The smallest absolute Gasteiger partial charge is 0.361 e. The topological polar surface area (TPSA) is 28.2 Å². The Balaban J connectivity index is 2.10. The van der Waals surface area contributed by atoms with Crippen molar-refractivity contribution in [3.63, 3.8) is 0 Å². The minimum absolute atomic E-state index is 0.307. The van der Waals surface area contributed by atoms with Crippen LogP contribution in [0.15, 0.2) is 18.5 Å². The molecule has 1 fully saturated rings. The maximum Gasteiger partial charge on any atom is 0.405 e. The number of anilines is 1. The SMILES string of the molecule is CCN(CC(F)(F)F)c1cnccc1CNC1CC1. The molecular formula is C13H18F3N3. The fourth-order valence-corrected chi connectivity index (χ4v) is 1.97. The molecule has 1 aliphatic carbocycles. The first kappa shape index (κ1) is 14.1. The number of rotatable bonds is 6. The molecule has 0 atom stereocenters. The third-order valence-electron chi connectivity index (χ3n) is 3.14. The average molecular weight is 273 g/mol. The van der Waals surface area contributed by atoms with Crippen LogP contribution in [0, 0.1) is 0 Å². The Morgan fingerprint density at radius 3 is 2.74 bits per heavy atom. The molecule has 19 heavy (non-hydrogen) atoms. The standard InChI is InChI=1S/C13H18F3N3/c1-2-19(9-13(14,15)16)12-8-17-6-5-10(12)7-18-11-3-4-11/h5-6,8,11,18H,2-4,7,9H2,1H3. The highest BCUT2D eigenvalue weighted by Crippen LogP contribution is 2.25. The van der Waals surface area contributed by atoms with E-state index < -0.39 is 12.7 Å². The van der Waals surface area contributed by atoms with E-state index in [1.165, 1.54) is 11.1 Å². The fraction of sp³-hybridized carbons (Fsp3) is 0.615. The van der Waals surface area contributed by atoms with Gasteiger partial charge >= 0.3 is 6.18 Å². The van der Waals surface area contributed by atoms with Crippen LogP contribution < -0.4 is 10.2 Å². The summed E-state index contributed by atoms with van der Waals surface area (Å²) in [6.45, 7) is 1.68. The van der Waals surface area contributed by atoms with Crippen LogP contribution in [0.1, 0.15) is 25.3 Å². The van der Waals surface area contributed by atoms with Gasteiger partial charge in [-0.3, -0.25) is 4.98 Å². The number of hydrogen-bond donors (Lipinski definition) is 1. The maximum absolute atomic E-state index is 12.6. The zero-order chi connectivity index (χ0) is 13.9. The molecule has 106 valence electrons. The molecule has 0 unspecified atom stereocenters. The van der Waals surface area contributed by atoms with Gasteiger partial charge in [0.2, 0.25) is 0 Å². The molecule has 0 bridgehead atoms. The Morgan fingerprint density at radius 2 is 2.16 bits per heavy atom. The van der Waals surface area contributed by atoms with Gasteiger partial charge < -0.3 is 10.2 Å². The Bertz CT molecular complexity index is 416. The van der Waals surface area contributed by atoms with Gasteiger partial charge in [0.1, 0.15) is 6.54 Å². The maximum atomic E-state index is 12.6. The summed E-state index contributed by atoms with van der Waals surface area (Å²) in [5.74, 6) is 0. The number of nitrogens with one attached hydrogen (secondary N) is 1. The third-order valence-corrected chi connectivity index (χ3v) is 3.14. The highest BCUT2D eigenvalue weighted by Gasteiger charge is 2.31. The molecule has 0 amide bonds. The van der Waals surface area contributed by atoms with Gasteiger partial charge in [-0.2, -0.15) is 13.2 Å². The monoisotopic (exact) mass is 273 g/mol. The van der Waals surface area contributed by atoms with E-state index in [1.807, 2.05) is 0 Å². The molecule has 1 aromatic heterocycles. The number of alkyl halides is 3. The van der Waals surface area contributed by atoms with E-state index in [9.17, 15) is 13.2 Å². The predicted octanol–water partition coefficient (Wildman–Crippen LogP) is 2.72. The van der Waals surface area contributed by atoms with Gasteiger partial charge in [0.05, 0.1) is 11.9 Å². The first-order chi connectivity index (χ1) is 8.99. The van der Waals surface area contributed by atoms with Gasteiger partial charge in [-0.05, 0) is 31.4 Å². The quantitative estimate of drug-likeness (QED) is 0.863. The largest absolute Gasteiger partial charge is 0.405 e. The zero-order valence-electron chi connectivity index (χ0n) is 10.9. The van der Waals surface area contributed by atoms with Crippen molar-refractivity contribution in [2.75, 3.05) is 18.0 Å². The van der Waals surface area contributed by atoms with Gasteiger partial charge in [-0.1, -0.05) is 0 Å². The summed E-state index contributed by atoms with van der Waals surface area (Å²) in [4.78, 5) is 5.27. The van der Waals surface area contributed by atoms with Crippen molar-refractivity contribution < 1.29 is 13.2 Å². The van der Waals surface area contributed by atoms with Crippen LogP contribution in [0.2, 0.25) is 0 Å². The van der Waals surface area contributed by atoms with E-state index in [2.05, 4.69) is 10.3 Å². The molecule has 0 aromatic carbocycles. The zero-order valence-corrected chi connectivity index (χ0v) is 10.9. The van der Waals surface area contributed by atoms with E-state index in [-0.39, 0.29) is 0 Å². The minimum Gasteiger partial charge on any atom is -0.361 e. The molecule has 6 heteroatoms. The summed E-state index contributed by atoms with van der Waals surface area (Å²) >= 11 is 0. The third kappa shape index (κ3) is 4.38. The lowest BCUT2D eigenvalue weighted by Crippen LogP contribution is -2.35. The Labute approximate surface area is 110 Å². The molecule has 1 aromatic rings. The van der Waals surface area contributed by atoms with E-state index in [1.54, 1.807) is 19.2 Å². The summed E-state index contributed by atoms with van der Waals surface area (Å²) < 4.78 is 37.7. The first-order valence-corrected chi connectivity index (χ1v) is 6.47. The van der Waals surface area contributed by atoms with Gasteiger partial charge in [0.15, 0.2) is 0 Å². The molecule has 1 saturated carbocycles. The molecule has 0 radical (unpaired) electrons. The summed E-state index contributed by atoms with van der Waals surface area (Å²) in [5.41, 5.74) is 1.43. The Morgan fingerprint density at radius 1 is 1.42 bits per heavy atom. The molecule has 0 spiro atoms. The molecule has 2 rings (SSSR count). The summed E-state index contributed by atoms with van der Waals surface area (Å²) in [5, 5.41) is 3.32. The van der Waals surface area contributed by atoms with Gasteiger partial charge in [0.25, 0.3) is 0 Å².